The first-order valence-electron chi connectivity index (χ1n) is 13.8. The molecule has 2 fully saturated rings. The number of nitrogens with zero attached hydrogens (tertiary/aromatic N) is 5. The zero-order valence-electron chi connectivity index (χ0n) is 22.6. The first-order valence-corrected chi connectivity index (χ1v) is 13.8. The van der Waals surface area contributed by atoms with E-state index in [9.17, 15) is 18.0 Å². The maximum absolute atomic E-state index is 14.3. The maximum atomic E-state index is 14.3. The van der Waals surface area contributed by atoms with Gasteiger partial charge in [0.25, 0.3) is 5.91 Å². The van der Waals surface area contributed by atoms with Crippen LogP contribution in [-0.2, 0) is 31.7 Å². The third kappa shape index (κ3) is 4.54. The topological polar surface area (TPSA) is 54.3 Å². The summed E-state index contributed by atoms with van der Waals surface area (Å²) in [6, 6.07) is 10.6. The minimum absolute atomic E-state index is 0.0638. The van der Waals surface area contributed by atoms with Gasteiger partial charge in [-0.1, -0.05) is 26.0 Å². The summed E-state index contributed by atoms with van der Waals surface area (Å²) < 4.78 is 44.7. The molecule has 206 valence electrons. The van der Waals surface area contributed by atoms with Gasteiger partial charge in [0.05, 0.1) is 17.5 Å². The maximum Gasteiger partial charge on any atom is 0.416 e. The van der Waals surface area contributed by atoms with E-state index in [1.165, 1.54) is 11.0 Å². The van der Waals surface area contributed by atoms with Gasteiger partial charge in [0, 0.05) is 31.4 Å². The molecule has 1 unspecified atom stereocenters. The Morgan fingerprint density at radius 1 is 1.10 bits per heavy atom. The van der Waals surface area contributed by atoms with Crippen LogP contribution in [0.15, 0.2) is 42.7 Å². The number of anilines is 1. The molecule has 0 radical (unpaired) electrons. The number of fused-ring (bicyclic) bond motifs is 1. The molecule has 1 amide bonds. The van der Waals surface area contributed by atoms with Crippen LogP contribution in [0.1, 0.15) is 78.0 Å². The summed E-state index contributed by atoms with van der Waals surface area (Å²) in [5, 5.41) is 8.48. The molecule has 1 saturated heterocycles. The normalized spacial score (nSPS) is 25.6. The molecule has 0 bridgehead atoms. The summed E-state index contributed by atoms with van der Waals surface area (Å²) in [6.45, 7) is 6.41. The molecule has 6 nitrogen and oxygen atoms in total. The van der Waals surface area contributed by atoms with Gasteiger partial charge in [-0.15, -0.1) is 10.2 Å². The second-order valence-corrected chi connectivity index (χ2v) is 12.0. The molecule has 3 aliphatic rings. The van der Waals surface area contributed by atoms with Crippen molar-refractivity contribution >= 4 is 11.6 Å². The predicted octanol–water partition coefficient (Wildman–Crippen LogP) is 5.94. The molecule has 0 N–H and O–H groups in total. The van der Waals surface area contributed by atoms with E-state index < -0.39 is 11.7 Å². The Morgan fingerprint density at radius 2 is 1.90 bits per heavy atom. The largest absolute Gasteiger partial charge is 0.416 e. The third-order valence-corrected chi connectivity index (χ3v) is 8.80. The highest BCUT2D eigenvalue weighted by Crippen LogP contribution is 2.52. The Bertz CT molecular complexity index is 1410. The molecule has 1 aliphatic carbocycles. The van der Waals surface area contributed by atoms with Gasteiger partial charge < -0.3 is 9.47 Å². The smallest absolute Gasteiger partial charge is 0.320 e. The van der Waals surface area contributed by atoms with Crippen molar-refractivity contribution in [1.29, 1.82) is 0 Å². The van der Waals surface area contributed by atoms with Gasteiger partial charge >= 0.3 is 6.18 Å². The second-order valence-electron chi connectivity index (χ2n) is 12.0. The first kappa shape index (κ1) is 26.0. The Kier molecular flexibility index (Phi) is 6.32. The highest BCUT2D eigenvalue weighted by molar-refractivity contribution is 6.10. The highest BCUT2D eigenvalue weighted by Gasteiger charge is 2.48. The Balaban J connectivity index is 1.34. The van der Waals surface area contributed by atoms with E-state index in [1.807, 2.05) is 35.9 Å². The Labute approximate surface area is 226 Å². The molecular formula is C30H34F3N5O. The summed E-state index contributed by atoms with van der Waals surface area (Å²) in [5.41, 5.74) is 1.36. The molecule has 3 aromatic rings. The van der Waals surface area contributed by atoms with Crippen LogP contribution >= 0.6 is 0 Å². The van der Waals surface area contributed by atoms with E-state index in [-0.39, 0.29) is 29.0 Å². The van der Waals surface area contributed by atoms with Crippen LogP contribution in [0.3, 0.4) is 0 Å². The fourth-order valence-electron chi connectivity index (χ4n) is 7.07. The van der Waals surface area contributed by atoms with E-state index >= 15 is 0 Å². The van der Waals surface area contributed by atoms with Crippen LogP contribution in [0.25, 0.3) is 0 Å². The summed E-state index contributed by atoms with van der Waals surface area (Å²) in [6.07, 6.45) is 1.12. The molecular weight excluding hydrogens is 503 g/mol. The van der Waals surface area contributed by atoms with Crippen molar-refractivity contribution in [3.05, 3.63) is 76.4 Å². The number of hydrogen-bond donors (Lipinski definition) is 0. The number of alkyl halides is 3. The fraction of sp³-hybridized carbons (Fsp3) is 0.500. The number of rotatable bonds is 5. The van der Waals surface area contributed by atoms with Crippen LogP contribution in [0.2, 0.25) is 0 Å². The number of aromatic nitrogens is 3. The standard InChI is InChI=1S/C30H34F3N5O/c1-19-6-5-9-37(15-19)16-21-10-24-25(26(11-21)30(31,32)33)17-38(27(24)39)23-8-4-7-22(12-23)29(13-20(2)14-29)28-35-34-18-36(28)3/h4,7-8,10-12,18-20H,5-6,9,13-17H2,1-3H3. The van der Waals surface area contributed by atoms with Crippen molar-refractivity contribution in [2.24, 2.45) is 18.9 Å². The number of piperidine rings is 1. The zero-order valence-corrected chi connectivity index (χ0v) is 22.6. The molecule has 1 atom stereocenters. The lowest BCUT2D eigenvalue weighted by Crippen LogP contribution is -2.43. The zero-order chi connectivity index (χ0) is 27.5. The van der Waals surface area contributed by atoms with Crippen molar-refractivity contribution in [2.45, 2.75) is 64.2 Å². The summed E-state index contributed by atoms with van der Waals surface area (Å²) >= 11 is 0. The Morgan fingerprint density at radius 3 is 2.56 bits per heavy atom. The van der Waals surface area contributed by atoms with Crippen LogP contribution < -0.4 is 4.90 Å². The first-order chi connectivity index (χ1) is 18.5. The van der Waals surface area contributed by atoms with Gasteiger partial charge in [-0.05, 0) is 85.0 Å². The summed E-state index contributed by atoms with van der Waals surface area (Å²) in [7, 11) is 1.92. The SMILES string of the molecule is CC1CCCN(Cc2cc3c(c(C(F)(F)F)c2)CN(c2cccc(C4(c5nncn5C)CC(C)C4)c2)C3=O)C1. The van der Waals surface area contributed by atoms with Gasteiger partial charge in [-0.2, -0.15) is 13.2 Å². The number of hydrogen-bond acceptors (Lipinski definition) is 4. The number of aryl methyl sites for hydroxylation is 1. The van der Waals surface area contributed by atoms with Crippen LogP contribution in [0.5, 0.6) is 0 Å². The van der Waals surface area contributed by atoms with Gasteiger partial charge in [0.1, 0.15) is 12.2 Å². The Hall–Kier alpha value is -3.20. The van der Waals surface area contributed by atoms with Crippen molar-refractivity contribution in [1.82, 2.24) is 19.7 Å². The predicted molar refractivity (Wildman–Crippen MR) is 142 cm³/mol. The molecule has 2 aliphatic heterocycles. The molecule has 3 heterocycles. The van der Waals surface area contributed by atoms with Gasteiger partial charge in [-0.25, -0.2) is 0 Å². The number of benzene rings is 2. The van der Waals surface area contributed by atoms with Crippen molar-refractivity contribution in [2.75, 3.05) is 18.0 Å². The minimum atomic E-state index is -4.54. The van der Waals surface area contributed by atoms with E-state index in [4.69, 9.17) is 0 Å². The second kappa shape index (κ2) is 9.47. The number of carbonyl (C=O) groups excluding carboxylic acids is 1. The molecule has 0 spiro atoms. The van der Waals surface area contributed by atoms with E-state index in [1.54, 1.807) is 12.4 Å². The van der Waals surface area contributed by atoms with Crippen molar-refractivity contribution in [3.8, 4) is 0 Å². The molecule has 9 heteroatoms. The molecule has 2 aromatic carbocycles. The summed E-state index contributed by atoms with van der Waals surface area (Å²) in [4.78, 5) is 17.4. The van der Waals surface area contributed by atoms with Crippen LogP contribution in [0.4, 0.5) is 18.9 Å². The number of likely N-dealkylation sites (tertiary alicyclic amines) is 1. The minimum Gasteiger partial charge on any atom is -0.320 e. The van der Waals surface area contributed by atoms with E-state index in [2.05, 4.69) is 28.9 Å². The van der Waals surface area contributed by atoms with Gasteiger partial charge in [0.2, 0.25) is 0 Å². The van der Waals surface area contributed by atoms with Crippen molar-refractivity contribution in [3.63, 3.8) is 0 Å². The fourth-order valence-corrected chi connectivity index (χ4v) is 7.07. The molecule has 1 saturated carbocycles. The van der Waals surface area contributed by atoms with Gasteiger partial charge in [0.15, 0.2) is 0 Å². The average molecular weight is 538 g/mol. The number of amides is 1. The van der Waals surface area contributed by atoms with Crippen LogP contribution in [-0.4, -0.2) is 38.7 Å². The lowest BCUT2D eigenvalue weighted by atomic mass is 9.58. The van der Waals surface area contributed by atoms with E-state index in [0.29, 0.717) is 29.6 Å². The molecule has 39 heavy (non-hydrogen) atoms. The monoisotopic (exact) mass is 537 g/mol. The number of carbonyl (C=O) groups is 1. The third-order valence-electron chi connectivity index (χ3n) is 8.80. The number of halogens is 3. The summed E-state index contributed by atoms with van der Waals surface area (Å²) in [5.74, 6) is 1.52. The average Bonchev–Trinajstić information content (AvgIpc) is 3.44. The van der Waals surface area contributed by atoms with Gasteiger partial charge in [-0.3, -0.25) is 9.69 Å². The van der Waals surface area contributed by atoms with Crippen LogP contribution in [0, 0.1) is 11.8 Å². The quantitative estimate of drug-likeness (QED) is 0.404. The lowest BCUT2D eigenvalue weighted by molar-refractivity contribution is -0.138. The lowest BCUT2D eigenvalue weighted by Gasteiger charge is -2.46. The highest BCUT2D eigenvalue weighted by atomic mass is 19.4. The molecule has 6 rings (SSSR count). The molecule has 1 aromatic heterocycles. The van der Waals surface area contributed by atoms with Crippen molar-refractivity contribution < 1.29 is 18.0 Å². The van der Waals surface area contributed by atoms with E-state index in [0.717, 1.165) is 50.2 Å².